The van der Waals surface area contributed by atoms with Gasteiger partial charge in [-0.2, -0.15) is 0 Å². The number of methoxy groups -OCH3 is 1. The lowest BCUT2D eigenvalue weighted by molar-refractivity contribution is -0.146. The molecule has 1 aromatic heterocycles. The summed E-state index contributed by atoms with van der Waals surface area (Å²) in [4.78, 5) is 23.6. The molecule has 24 heavy (non-hydrogen) atoms. The first-order chi connectivity index (χ1) is 11.0. The third-order valence-corrected chi connectivity index (χ3v) is 4.51. The lowest BCUT2D eigenvalue weighted by Gasteiger charge is -2.33. The van der Waals surface area contributed by atoms with E-state index in [1.807, 2.05) is 0 Å². The van der Waals surface area contributed by atoms with E-state index in [9.17, 15) is 4.79 Å². The van der Waals surface area contributed by atoms with E-state index in [0.29, 0.717) is 0 Å². The second-order valence-corrected chi connectivity index (χ2v) is 8.72. The number of esters is 1. The highest BCUT2D eigenvalue weighted by Gasteiger charge is 2.29. The number of carbonyl (C=O) groups excluding carboxylic acids is 1. The summed E-state index contributed by atoms with van der Waals surface area (Å²) < 4.78 is 4.88. The van der Waals surface area contributed by atoms with Crippen molar-refractivity contribution < 1.29 is 9.53 Å². The van der Waals surface area contributed by atoms with Gasteiger partial charge in [0.1, 0.15) is 11.6 Å². The zero-order valence-corrected chi connectivity index (χ0v) is 16.1. The van der Waals surface area contributed by atoms with E-state index in [0.717, 1.165) is 43.3 Å². The second-order valence-electron chi connectivity index (χ2n) is 8.72. The number of nitrogens with zero attached hydrogens (tertiary/aromatic N) is 3. The molecule has 5 nitrogen and oxygen atoms in total. The number of ether oxygens (including phenoxy) is 1. The topological polar surface area (TPSA) is 55.3 Å². The normalized spacial score (nSPS) is 17.0. The molecular formula is C19H31N3O2. The highest BCUT2D eigenvalue weighted by molar-refractivity contribution is 5.72. The molecule has 0 radical (unpaired) electrons. The number of piperidine rings is 1. The molecule has 134 valence electrons. The first kappa shape index (κ1) is 18.7. The van der Waals surface area contributed by atoms with Gasteiger partial charge >= 0.3 is 5.97 Å². The summed E-state index contributed by atoms with van der Waals surface area (Å²) in [6.45, 7) is 14.6. The van der Waals surface area contributed by atoms with Crippen LogP contribution >= 0.6 is 0 Å². The molecule has 2 heterocycles. The van der Waals surface area contributed by atoms with E-state index in [2.05, 4.69) is 52.5 Å². The second kappa shape index (κ2) is 6.69. The Morgan fingerprint density at radius 2 is 1.67 bits per heavy atom. The molecule has 0 aliphatic carbocycles. The van der Waals surface area contributed by atoms with Crippen LogP contribution in [0, 0.1) is 5.92 Å². The molecule has 2 rings (SSSR count). The van der Waals surface area contributed by atoms with E-state index in [1.54, 1.807) is 0 Å². The highest BCUT2D eigenvalue weighted by atomic mass is 16.5. The Kier molecular flexibility index (Phi) is 5.21. The lowest BCUT2D eigenvalue weighted by atomic mass is 9.90. The molecule has 1 fully saturated rings. The predicted molar refractivity (Wildman–Crippen MR) is 96.4 cm³/mol. The maximum Gasteiger partial charge on any atom is 0.308 e. The zero-order valence-electron chi connectivity index (χ0n) is 16.1. The Morgan fingerprint density at radius 1 is 1.08 bits per heavy atom. The van der Waals surface area contributed by atoms with Crippen molar-refractivity contribution in [2.45, 2.75) is 65.2 Å². The fourth-order valence-electron chi connectivity index (χ4n) is 2.83. The van der Waals surface area contributed by atoms with Gasteiger partial charge in [0.15, 0.2) is 0 Å². The summed E-state index contributed by atoms with van der Waals surface area (Å²) >= 11 is 0. The van der Waals surface area contributed by atoms with Gasteiger partial charge in [0.25, 0.3) is 0 Å². The average molecular weight is 333 g/mol. The van der Waals surface area contributed by atoms with Crippen LogP contribution in [0.2, 0.25) is 0 Å². The van der Waals surface area contributed by atoms with Gasteiger partial charge in [-0.15, -0.1) is 0 Å². The van der Waals surface area contributed by atoms with Gasteiger partial charge in [-0.25, -0.2) is 9.97 Å². The van der Waals surface area contributed by atoms with E-state index in [1.165, 1.54) is 7.11 Å². The summed E-state index contributed by atoms with van der Waals surface area (Å²) in [7, 11) is 1.46. The summed E-state index contributed by atoms with van der Waals surface area (Å²) in [6, 6.07) is 2.10. The van der Waals surface area contributed by atoms with Crippen molar-refractivity contribution in [2.24, 2.45) is 5.92 Å². The fraction of sp³-hybridized carbons (Fsp3) is 0.737. The summed E-state index contributed by atoms with van der Waals surface area (Å²) in [6.07, 6.45) is 1.62. The Balaban J connectivity index is 2.29. The monoisotopic (exact) mass is 333 g/mol. The van der Waals surface area contributed by atoms with Crippen LogP contribution < -0.4 is 4.90 Å². The third-order valence-electron chi connectivity index (χ3n) is 4.51. The number of hydrogen-bond donors (Lipinski definition) is 0. The smallest absolute Gasteiger partial charge is 0.308 e. The minimum atomic E-state index is -0.0969. The van der Waals surface area contributed by atoms with E-state index in [-0.39, 0.29) is 22.7 Å². The molecule has 5 heteroatoms. The van der Waals surface area contributed by atoms with Crippen molar-refractivity contribution >= 4 is 11.8 Å². The molecule has 0 unspecified atom stereocenters. The minimum Gasteiger partial charge on any atom is -0.469 e. The molecule has 0 amide bonds. The first-order valence-electron chi connectivity index (χ1n) is 8.75. The van der Waals surface area contributed by atoms with Gasteiger partial charge in [0.2, 0.25) is 0 Å². The SMILES string of the molecule is COC(=O)C1CCN(c2cc(C(C)(C)C)nc(C(C)(C)C)n2)CC1. The molecule has 0 bridgehead atoms. The van der Waals surface area contributed by atoms with Crippen LogP contribution in [0.4, 0.5) is 5.82 Å². The van der Waals surface area contributed by atoms with Crippen molar-refractivity contribution in [3.63, 3.8) is 0 Å². The fourth-order valence-corrected chi connectivity index (χ4v) is 2.83. The molecule has 1 saturated heterocycles. The summed E-state index contributed by atoms with van der Waals surface area (Å²) in [5, 5.41) is 0. The molecule has 0 saturated carbocycles. The zero-order chi connectivity index (χ0) is 18.1. The maximum absolute atomic E-state index is 11.7. The standard InChI is InChI=1S/C19H31N3O2/c1-18(2,3)14-12-15(21-17(20-14)19(4,5)6)22-10-8-13(9-11-22)16(23)24-7/h12-13H,8-11H2,1-7H3. The van der Waals surface area contributed by atoms with Gasteiger partial charge in [-0.05, 0) is 12.8 Å². The molecule has 1 aliphatic rings. The Hall–Kier alpha value is -1.65. The van der Waals surface area contributed by atoms with Gasteiger partial charge in [0.05, 0.1) is 18.7 Å². The number of carbonyl (C=O) groups is 1. The molecular weight excluding hydrogens is 302 g/mol. The van der Waals surface area contributed by atoms with E-state index in [4.69, 9.17) is 14.7 Å². The number of aromatic nitrogens is 2. The summed E-state index contributed by atoms with van der Waals surface area (Å²) in [5.41, 5.74) is 0.940. The van der Waals surface area contributed by atoms with Crippen LogP contribution in [-0.2, 0) is 20.4 Å². The van der Waals surface area contributed by atoms with Gasteiger partial charge in [-0.3, -0.25) is 4.79 Å². The summed E-state index contributed by atoms with van der Waals surface area (Å²) in [5.74, 6) is 1.77. The molecule has 0 atom stereocenters. The predicted octanol–water partition coefficient (Wildman–Crippen LogP) is 3.46. The first-order valence-corrected chi connectivity index (χ1v) is 8.75. The highest BCUT2D eigenvalue weighted by Crippen LogP contribution is 2.30. The van der Waals surface area contributed by atoms with Crippen molar-refractivity contribution in [1.82, 2.24) is 9.97 Å². The average Bonchev–Trinajstić information content (AvgIpc) is 2.52. The Bertz CT molecular complexity index is 559. The molecule has 0 spiro atoms. The van der Waals surface area contributed by atoms with Crippen molar-refractivity contribution in [3.8, 4) is 0 Å². The Morgan fingerprint density at radius 3 is 2.12 bits per heavy atom. The molecule has 1 aromatic rings. The van der Waals surface area contributed by atoms with Crippen LogP contribution in [0.3, 0.4) is 0 Å². The molecule has 1 aliphatic heterocycles. The molecule has 0 N–H and O–H groups in total. The molecule has 0 aromatic carbocycles. The maximum atomic E-state index is 11.7. The van der Waals surface area contributed by atoms with Crippen molar-refractivity contribution in [3.05, 3.63) is 17.6 Å². The largest absolute Gasteiger partial charge is 0.469 e. The van der Waals surface area contributed by atoms with Crippen LogP contribution in [0.5, 0.6) is 0 Å². The van der Waals surface area contributed by atoms with E-state index >= 15 is 0 Å². The van der Waals surface area contributed by atoms with Gasteiger partial charge in [-0.1, -0.05) is 41.5 Å². The lowest BCUT2D eigenvalue weighted by Crippen LogP contribution is -2.38. The van der Waals surface area contributed by atoms with Gasteiger partial charge < -0.3 is 9.64 Å². The van der Waals surface area contributed by atoms with Crippen LogP contribution in [0.15, 0.2) is 6.07 Å². The number of hydrogen-bond acceptors (Lipinski definition) is 5. The van der Waals surface area contributed by atoms with Crippen molar-refractivity contribution in [2.75, 3.05) is 25.1 Å². The van der Waals surface area contributed by atoms with E-state index < -0.39 is 0 Å². The Labute approximate surface area is 145 Å². The van der Waals surface area contributed by atoms with Crippen LogP contribution in [0.1, 0.15) is 65.9 Å². The number of anilines is 1. The van der Waals surface area contributed by atoms with Crippen LogP contribution in [-0.4, -0.2) is 36.1 Å². The number of rotatable bonds is 2. The quantitative estimate of drug-likeness (QED) is 0.776. The van der Waals surface area contributed by atoms with Crippen molar-refractivity contribution in [1.29, 1.82) is 0 Å². The van der Waals surface area contributed by atoms with Crippen LogP contribution in [0.25, 0.3) is 0 Å². The third kappa shape index (κ3) is 4.25. The van der Waals surface area contributed by atoms with Gasteiger partial charge in [0, 0.05) is 30.0 Å². The minimum absolute atomic E-state index is 0.0114.